The van der Waals surface area contributed by atoms with Gasteiger partial charge in [0.1, 0.15) is 12.1 Å². The molecule has 3 aromatic rings. The summed E-state index contributed by atoms with van der Waals surface area (Å²) in [6.07, 6.45) is 3.20. The number of amides is 2. The Morgan fingerprint density at radius 1 is 1.31 bits per heavy atom. The van der Waals surface area contributed by atoms with Crippen molar-refractivity contribution in [3.8, 4) is 16.6 Å². The van der Waals surface area contributed by atoms with Crippen LogP contribution >= 0.6 is 11.3 Å². The van der Waals surface area contributed by atoms with Gasteiger partial charge in [-0.2, -0.15) is 5.26 Å². The van der Waals surface area contributed by atoms with Gasteiger partial charge in [0.05, 0.1) is 33.3 Å². The van der Waals surface area contributed by atoms with Crippen molar-refractivity contribution in [3.63, 3.8) is 0 Å². The number of hydrogen-bond donors (Lipinski definition) is 3. The van der Waals surface area contributed by atoms with Crippen molar-refractivity contribution >= 4 is 34.3 Å². The van der Waals surface area contributed by atoms with Gasteiger partial charge in [-0.25, -0.2) is 9.97 Å². The first-order valence-corrected chi connectivity index (χ1v) is 9.92. The summed E-state index contributed by atoms with van der Waals surface area (Å²) >= 11 is 1.25. The van der Waals surface area contributed by atoms with Crippen LogP contribution in [0.2, 0.25) is 0 Å². The Morgan fingerprint density at radius 3 is 2.76 bits per heavy atom. The third-order valence-corrected chi connectivity index (χ3v) is 5.79. The van der Waals surface area contributed by atoms with Crippen LogP contribution in [0.15, 0.2) is 24.5 Å². The second kappa shape index (κ2) is 8.01. The molecule has 0 aliphatic carbocycles. The van der Waals surface area contributed by atoms with Crippen LogP contribution in [0.1, 0.15) is 47.7 Å². The van der Waals surface area contributed by atoms with E-state index in [1.165, 1.54) is 11.3 Å². The molecule has 2 amide bonds. The summed E-state index contributed by atoms with van der Waals surface area (Å²) in [5, 5.41) is 14.1. The molecule has 3 aromatic heterocycles. The van der Waals surface area contributed by atoms with Gasteiger partial charge in [0.25, 0.3) is 11.8 Å². The van der Waals surface area contributed by atoms with Gasteiger partial charge < -0.3 is 15.6 Å². The van der Waals surface area contributed by atoms with Crippen LogP contribution < -0.4 is 10.6 Å². The molecule has 0 aliphatic heterocycles. The summed E-state index contributed by atoms with van der Waals surface area (Å²) in [5.74, 6) is -0.525. The van der Waals surface area contributed by atoms with Crippen molar-refractivity contribution in [2.45, 2.75) is 33.7 Å². The number of carbonyl (C=O) groups excluding carboxylic acids is 2. The molecular weight excluding hydrogens is 388 g/mol. The van der Waals surface area contributed by atoms with Gasteiger partial charge >= 0.3 is 0 Å². The first kappa shape index (κ1) is 20.5. The number of fused-ring (bicyclic) bond motifs is 1. The Morgan fingerprint density at radius 2 is 2.07 bits per heavy atom. The Balaban J connectivity index is 1.88. The quantitative estimate of drug-likeness (QED) is 0.558. The van der Waals surface area contributed by atoms with Gasteiger partial charge in [0, 0.05) is 12.2 Å². The van der Waals surface area contributed by atoms with E-state index in [0.717, 1.165) is 4.88 Å². The van der Waals surface area contributed by atoms with E-state index in [2.05, 4.69) is 46.4 Å². The van der Waals surface area contributed by atoms with Crippen LogP contribution in [0.4, 0.5) is 0 Å². The Bertz CT molecular complexity index is 1100. The van der Waals surface area contributed by atoms with E-state index in [9.17, 15) is 9.59 Å². The number of H-pyrrole nitrogens is 1. The van der Waals surface area contributed by atoms with Crippen LogP contribution in [0.25, 0.3) is 21.7 Å². The monoisotopic (exact) mass is 410 g/mol. The van der Waals surface area contributed by atoms with Crippen molar-refractivity contribution < 1.29 is 9.59 Å². The van der Waals surface area contributed by atoms with E-state index in [4.69, 9.17) is 5.26 Å². The van der Waals surface area contributed by atoms with E-state index in [1.807, 2.05) is 13.0 Å². The molecule has 1 atom stereocenters. The number of nitrogens with zero attached hydrogens (tertiary/aromatic N) is 3. The van der Waals surface area contributed by atoms with E-state index >= 15 is 0 Å². The predicted molar refractivity (Wildman–Crippen MR) is 112 cm³/mol. The average Bonchev–Trinajstić information content (AvgIpc) is 3.31. The molecule has 0 aromatic carbocycles. The largest absolute Gasteiger partial charge is 0.349 e. The first-order chi connectivity index (χ1) is 13.7. The normalized spacial score (nSPS) is 12.4. The molecule has 3 rings (SSSR count). The summed E-state index contributed by atoms with van der Waals surface area (Å²) < 4.78 is 0. The molecule has 0 spiro atoms. The minimum Gasteiger partial charge on any atom is -0.349 e. The number of aromatic amines is 1. The number of nitrogens with one attached hydrogen (secondary N) is 3. The average molecular weight is 411 g/mol. The first-order valence-electron chi connectivity index (χ1n) is 9.11. The second-order valence-corrected chi connectivity index (χ2v) is 8.80. The van der Waals surface area contributed by atoms with Gasteiger partial charge in [-0.3, -0.25) is 9.59 Å². The van der Waals surface area contributed by atoms with Crippen molar-refractivity contribution in [3.05, 3.63) is 35.0 Å². The molecule has 0 saturated heterocycles. The van der Waals surface area contributed by atoms with Crippen molar-refractivity contribution in [1.29, 1.82) is 5.26 Å². The van der Waals surface area contributed by atoms with Gasteiger partial charge in [-0.1, -0.05) is 20.8 Å². The zero-order chi connectivity index (χ0) is 21.2. The smallest absolute Gasteiger partial charge is 0.262 e. The Labute approximate surface area is 172 Å². The molecule has 150 valence electrons. The zero-order valence-corrected chi connectivity index (χ0v) is 17.5. The van der Waals surface area contributed by atoms with E-state index < -0.39 is 0 Å². The molecule has 29 heavy (non-hydrogen) atoms. The third kappa shape index (κ3) is 4.43. The van der Waals surface area contributed by atoms with Crippen LogP contribution in [0.5, 0.6) is 0 Å². The zero-order valence-electron chi connectivity index (χ0n) is 16.7. The molecule has 3 N–H and O–H groups in total. The molecule has 0 bridgehead atoms. The number of thiophene rings is 1. The summed E-state index contributed by atoms with van der Waals surface area (Å²) in [7, 11) is 0. The fourth-order valence-electron chi connectivity index (χ4n) is 2.48. The summed E-state index contributed by atoms with van der Waals surface area (Å²) in [6, 6.07) is 5.30. The van der Waals surface area contributed by atoms with Gasteiger partial charge in [0.15, 0.2) is 5.65 Å². The SMILES string of the molecule is C[C@H](NC(=O)c1c[nH]c2ncc(-c3ccc(C(=O)NCC#N)s3)nc12)C(C)(C)C. The number of rotatable bonds is 5. The van der Waals surface area contributed by atoms with Crippen LogP contribution in [-0.2, 0) is 0 Å². The highest BCUT2D eigenvalue weighted by molar-refractivity contribution is 7.17. The highest BCUT2D eigenvalue weighted by Crippen LogP contribution is 2.28. The summed E-state index contributed by atoms with van der Waals surface area (Å²) in [4.78, 5) is 37.9. The summed E-state index contributed by atoms with van der Waals surface area (Å²) in [6.45, 7) is 8.10. The maximum absolute atomic E-state index is 12.7. The van der Waals surface area contributed by atoms with Crippen LogP contribution in [-0.4, -0.2) is 39.4 Å². The van der Waals surface area contributed by atoms with Crippen LogP contribution in [0, 0.1) is 16.7 Å². The van der Waals surface area contributed by atoms with E-state index in [-0.39, 0.29) is 29.8 Å². The van der Waals surface area contributed by atoms with Gasteiger partial charge in [-0.15, -0.1) is 11.3 Å². The lowest BCUT2D eigenvalue weighted by molar-refractivity contribution is 0.0910. The Hall–Kier alpha value is -3.25. The number of hydrogen-bond acceptors (Lipinski definition) is 6. The van der Waals surface area contributed by atoms with Gasteiger partial charge in [0.2, 0.25) is 0 Å². The molecule has 8 nitrogen and oxygen atoms in total. The summed E-state index contributed by atoms with van der Waals surface area (Å²) in [5.41, 5.74) is 1.92. The molecule has 3 heterocycles. The highest BCUT2D eigenvalue weighted by atomic mass is 32.1. The lowest BCUT2D eigenvalue weighted by Crippen LogP contribution is -2.41. The molecule has 0 aliphatic rings. The topological polar surface area (TPSA) is 124 Å². The maximum Gasteiger partial charge on any atom is 0.262 e. The highest BCUT2D eigenvalue weighted by Gasteiger charge is 2.24. The number of nitriles is 1. The second-order valence-electron chi connectivity index (χ2n) is 7.72. The lowest BCUT2D eigenvalue weighted by Gasteiger charge is -2.27. The Kier molecular flexibility index (Phi) is 5.66. The molecule has 0 fully saturated rings. The fourth-order valence-corrected chi connectivity index (χ4v) is 3.36. The van der Waals surface area contributed by atoms with E-state index in [1.54, 1.807) is 24.5 Å². The standard InChI is InChI=1S/C20H22N6O2S/c1-11(20(2,3)4)25-18(27)12-9-23-17-16(12)26-13(10-24-17)14-5-6-15(29-14)19(28)22-8-7-21/h5-6,9-11H,8H2,1-4H3,(H,22,28)(H,23,24)(H,25,27)/t11-/m0/s1. The van der Waals surface area contributed by atoms with Crippen molar-refractivity contribution in [2.24, 2.45) is 5.41 Å². The molecular formula is C20H22N6O2S. The third-order valence-electron chi connectivity index (χ3n) is 4.68. The molecule has 9 heteroatoms. The van der Waals surface area contributed by atoms with Gasteiger partial charge in [-0.05, 0) is 24.5 Å². The fraction of sp³-hybridized carbons (Fsp3) is 0.350. The minimum absolute atomic E-state index is 0.0251. The molecule has 0 saturated carbocycles. The molecule has 0 radical (unpaired) electrons. The van der Waals surface area contributed by atoms with Crippen molar-refractivity contribution in [1.82, 2.24) is 25.6 Å². The van der Waals surface area contributed by atoms with Crippen LogP contribution in [0.3, 0.4) is 0 Å². The maximum atomic E-state index is 12.7. The lowest BCUT2D eigenvalue weighted by atomic mass is 9.88. The van der Waals surface area contributed by atoms with E-state index in [0.29, 0.717) is 27.3 Å². The predicted octanol–water partition coefficient (Wildman–Crippen LogP) is 3.10. The van der Waals surface area contributed by atoms with Crippen molar-refractivity contribution in [2.75, 3.05) is 6.54 Å². The number of aromatic nitrogens is 3. The minimum atomic E-state index is -0.310. The molecule has 0 unspecified atom stereocenters. The number of carbonyl (C=O) groups is 2.